The summed E-state index contributed by atoms with van der Waals surface area (Å²) in [7, 11) is 0. The van der Waals surface area contributed by atoms with E-state index in [9.17, 15) is 30.3 Å². The van der Waals surface area contributed by atoms with E-state index in [2.05, 4.69) is 12.1 Å². The zero-order chi connectivity index (χ0) is 34.2. The quantitative estimate of drug-likeness (QED) is 0.182. The van der Waals surface area contributed by atoms with Crippen molar-refractivity contribution in [2.45, 2.75) is 18.6 Å². The van der Waals surface area contributed by atoms with Crippen LogP contribution in [0.2, 0.25) is 20.1 Å². The number of halogens is 4. The van der Waals surface area contributed by atoms with Gasteiger partial charge >= 0.3 is 0 Å². The summed E-state index contributed by atoms with van der Waals surface area (Å²) in [5.41, 5.74) is 13.6. The lowest BCUT2D eigenvalue weighted by Gasteiger charge is -2.36. The maximum absolute atomic E-state index is 11.9. The van der Waals surface area contributed by atoms with Gasteiger partial charge in [0, 0.05) is 68.5 Å². The molecule has 47 heavy (non-hydrogen) atoms. The van der Waals surface area contributed by atoms with E-state index in [1.54, 1.807) is 36.4 Å². The Labute approximate surface area is 297 Å². The number of thiophene rings is 2. The molecule has 6 rings (SSSR count). The zero-order valence-corrected chi connectivity index (χ0v) is 28.8. The fourth-order valence-electron chi connectivity index (χ4n) is 5.28. The molecule has 2 aromatic carbocycles. The summed E-state index contributed by atoms with van der Waals surface area (Å²) in [6, 6.07) is 14.0. The molecule has 242 valence electrons. The second-order valence-electron chi connectivity index (χ2n) is 10.6. The number of benzene rings is 2. The second-order valence-corrected chi connectivity index (χ2v) is 14.3. The van der Waals surface area contributed by atoms with Crippen molar-refractivity contribution in [2.75, 3.05) is 36.0 Å². The minimum absolute atomic E-state index is 0.266. The molecule has 1 atom stereocenters. The zero-order valence-electron chi connectivity index (χ0n) is 24.1. The van der Waals surface area contributed by atoms with Gasteiger partial charge in [-0.25, -0.2) is 0 Å². The molecule has 2 amide bonds. The number of nitriles is 2. The number of carbonyl (C=O) groups excluding carboxylic acids is 2. The van der Waals surface area contributed by atoms with Crippen LogP contribution in [-0.4, -0.2) is 60.4 Å². The third kappa shape index (κ3) is 7.02. The van der Waals surface area contributed by atoms with Gasteiger partial charge in [-0.15, -0.1) is 22.7 Å². The first-order valence-electron chi connectivity index (χ1n) is 13.8. The molecule has 0 bridgehead atoms. The van der Waals surface area contributed by atoms with E-state index in [0.29, 0.717) is 96.1 Å². The molecule has 2 aromatic heterocycles. The van der Waals surface area contributed by atoms with Crippen molar-refractivity contribution in [3.8, 4) is 34.4 Å². The summed E-state index contributed by atoms with van der Waals surface area (Å²) in [6.07, 6.45) is -0.257. The van der Waals surface area contributed by atoms with Gasteiger partial charge in [0.05, 0.1) is 23.3 Å². The highest BCUT2D eigenvalue weighted by atomic mass is 35.5. The Balaban J connectivity index is 0.000000185. The number of nitrogens with zero attached hydrogens (tertiary/aromatic N) is 4. The van der Waals surface area contributed by atoms with Gasteiger partial charge in [-0.05, 0) is 30.7 Å². The van der Waals surface area contributed by atoms with Crippen LogP contribution in [0.15, 0.2) is 36.4 Å². The average molecular weight is 751 g/mol. The van der Waals surface area contributed by atoms with Gasteiger partial charge in [-0.1, -0.05) is 58.5 Å². The van der Waals surface area contributed by atoms with Crippen LogP contribution in [-0.2, 0) is 0 Å². The fourth-order valence-corrected chi connectivity index (χ4v) is 8.58. The Morgan fingerprint density at radius 3 is 1.51 bits per heavy atom. The molecule has 2 aliphatic rings. The lowest BCUT2D eigenvalue weighted by atomic mass is 10.0. The first kappa shape index (κ1) is 34.8. The fraction of sp³-hybridized carbons (Fsp3) is 0.226. The smallest absolute Gasteiger partial charge is 0.259 e. The molecule has 16 heteroatoms. The SMILES string of the molecule is N#Cc1c(N2CC(O)C2)sc(C(N)=O)c1-c1ccc(Cl)cc1Cl.N#Cc1c(N2CC[C@@H](O)C2)sc(C(N)=O)c1-c1ccc(Cl)cc1Cl. The van der Waals surface area contributed by atoms with Crippen LogP contribution in [0.5, 0.6) is 0 Å². The van der Waals surface area contributed by atoms with Crippen LogP contribution in [0.4, 0.5) is 10.0 Å². The molecule has 10 nitrogen and oxygen atoms in total. The lowest BCUT2D eigenvalue weighted by Crippen LogP contribution is -2.50. The number of anilines is 2. The number of rotatable bonds is 6. The molecule has 0 aliphatic carbocycles. The van der Waals surface area contributed by atoms with Crippen LogP contribution in [0.1, 0.15) is 36.9 Å². The molecule has 0 spiro atoms. The van der Waals surface area contributed by atoms with Crippen LogP contribution in [0, 0.1) is 22.7 Å². The van der Waals surface area contributed by atoms with Crippen LogP contribution < -0.4 is 21.3 Å². The lowest BCUT2D eigenvalue weighted by molar-refractivity contribution is 0.0996. The number of aliphatic hydroxyl groups excluding tert-OH is 2. The summed E-state index contributed by atoms with van der Waals surface area (Å²) >= 11 is 26.6. The number of β-amino-alcohol motifs (C(OH)–C–C–N with tert-alkyl or cyclic N) is 2. The van der Waals surface area contributed by atoms with E-state index in [1.165, 1.54) is 0 Å². The summed E-state index contributed by atoms with van der Waals surface area (Å²) in [5.74, 6) is -1.25. The molecule has 0 unspecified atom stereocenters. The van der Waals surface area contributed by atoms with Gasteiger partial charge in [-0.2, -0.15) is 10.5 Å². The molecule has 6 N–H and O–H groups in total. The third-order valence-electron chi connectivity index (χ3n) is 7.45. The highest BCUT2D eigenvalue weighted by Gasteiger charge is 2.33. The van der Waals surface area contributed by atoms with Gasteiger partial charge in [0.15, 0.2) is 0 Å². The Morgan fingerprint density at radius 1 is 0.745 bits per heavy atom. The van der Waals surface area contributed by atoms with Gasteiger partial charge in [-0.3, -0.25) is 9.59 Å². The Kier molecular flexibility index (Phi) is 10.6. The van der Waals surface area contributed by atoms with Crippen molar-refractivity contribution in [3.63, 3.8) is 0 Å². The first-order chi connectivity index (χ1) is 22.3. The molecule has 4 aromatic rings. The van der Waals surface area contributed by atoms with E-state index in [0.717, 1.165) is 22.7 Å². The topological polar surface area (TPSA) is 181 Å². The van der Waals surface area contributed by atoms with E-state index in [-0.39, 0.29) is 9.75 Å². The van der Waals surface area contributed by atoms with E-state index in [1.807, 2.05) is 9.80 Å². The van der Waals surface area contributed by atoms with Gasteiger partial charge in [0.2, 0.25) is 0 Å². The Morgan fingerprint density at radius 2 is 1.17 bits per heavy atom. The number of nitrogens with two attached hydrogens (primary N) is 2. The van der Waals surface area contributed by atoms with E-state index < -0.39 is 24.0 Å². The van der Waals surface area contributed by atoms with Crippen molar-refractivity contribution >= 4 is 90.9 Å². The molecule has 0 radical (unpaired) electrons. The predicted octanol–water partition coefficient (Wildman–Crippen LogP) is 6.14. The van der Waals surface area contributed by atoms with Crippen LogP contribution in [0.3, 0.4) is 0 Å². The number of hydrogen-bond donors (Lipinski definition) is 4. The summed E-state index contributed by atoms with van der Waals surface area (Å²) in [5, 5.41) is 41.3. The van der Waals surface area contributed by atoms with E-state index >= 15 is 0 Å². The molecule has 4 heterocycles. The van der Waals surface area contributed by atoms with Crippen LogP contribution >= 0.6 is 69.1 Å². The second kappa shape index (κ2) is 14.3. The number of carbonyl (C=O) groups is 2. The third-order valence-corrected chi connectivity index (χ3v) is 11.1. The molecule has 2 saturated heterocycles. The minimum atomic E-state index is -0.625. The Hall–Kier alpha value is -3.56. The van der Waals surface area contributed by atoms with Crippen molar-refractivity contribution in [3.05, 3.63) is 77.4 Å². The normalized spacial score (nSPS) is 15.8. The first-order valence-corrected chi connectivity index (χ1v) is 17.0. The van der Waals surface area contributed by atoms with Gasteiger partial charge in [0.25, 0.3) is 11.8 Å². The summed E-state index contributed by atoms with van der Waals surface area (Å²) in [6.45, 7) is 1.87. The maximum atomic E-state index is 11.9. The monoisotopic (exact) mass is 748 g/mol. The van der Waals surface area contributed by atoms with Crippen molar-refractivity contribution in [1.82, 2.24) is 0 Å². The molecule has 0 saturated carbocycles. The maximum Gasteiger partial charge on any atom is 0.259 e. The van der Waals surface area contributed by atoms with Gasteiger partial charge < -0.3 is 31.5 Å². The van der Waals surface area contributed by atoms with E-state index in [4.69, 9.17) is 57.9 Å². The number of aliphatic hydroxyl groups is 2. The molecular formula is C31H24Cl4N6O4S2. The summed E-state index contributed by atoms with van der Waals surface area (Å²) in [4.78, 5) is 28.0. The molecule has 2 aliphatic heterocycles. The minimum Gasteiger partial charge on any atom is -0.391 e. The van der Waals surface area contributed by atoms with Crippen LogP contribution in [0.25, 0.3) is 22.3 Å². The summed E-state index contributed by atoms with van der Waals surface area (Å²) < 4.78 is 0. The molecule has 2 fully saturated rings. The highest BCUT2D eigenvalue weighted by Crippen LogP contribution is 2.46. The largest absolute Gasteiger partial charge is 0.391 e. The Bertz CT molecular complexity index is 1980. The molecular weight excluding hydrogens is 726 g/mol. The van der Waals surface area contributed by atoms with Gasteiger partial charge in [0.1, 0.15) is 31.9 Å². The number of amides is 2. The highest BCUT2D eigenvalue weighted by molar-refractivity contribution is 7.19. The standard InChI is InChI=1S/C16H13Cl2N3O2S.C15H11Cl2N3O2S/c17-8-1-2-10(12(18)5-8)13-11(6-19)16(24-14(13)15(20)23)21-4-3-9(22)7-21;16-7-1-2-9(11(17)3-7)12-10(4-18)15(20-5-8(21)6-20)23-13(12)14(19)22/h1-2,5,9,22H,3-4,7H2,(H2,20,23);1-3,8,21H,5-6H2,(H2,19,22)/t9-;/m1./s1. The number of primary amides is 2. The number of hydrogen-bond acceptors (Lipinski definition) is 10. The predicted molar refractivity (Wildman–Crippen MR) is 187 cm³/mol. The average Bonchev–Trinajstić information content (AvgIpc) is 3.70. The van der Waals surface area contributed by atoms with Crippen molar-refractivity contribution < 1.29 is 19.8 Å². The van der Waals surface area contributed by atoms with Crippen molar-refractivity contribution in [1.29, 1.82) is 10.5 Å². The van der Waals surface area contributed by atoms with Crippen molar-refractivity contribution in [2.24, 2.45) is 11.5 Å².